The van der Waals surface area contributed by atoms with Gasteiger partial charge in [-0.15, -0.1) is 0 Å². The highest BCUT2D eigenvalue weighted by Crippen LogP contribution is 2.35. The van der Waals surface area contributed by atoms with Crippen molar-refractivity contribution in [2.24, 2.45) is 0 Å². The van der Waals surface area contributed by atoms with E-state index in [2.05, 4.69) is 4.98 Å². The second kappa shape index (κ2) is 8.09. The van der Waals surface area contributed by atoms with Crippen LogP contribution in [0, 0.1) is 6.92 Å². The first-order valence-electron chi connectivity index (χ1n) is 8.51. The van der Waals surface area contributed by atoms with Gasteiger partial charge in [0.2, 0.25) is 0 Å². The van der Waals surface area contributed by atoms with E-state index in [9.17, 15) is 14.7 Å². The number of rotatable bonds is 5. The van der Waals surface area contributed by atoms with Crippen LogP contribution in [-0.4, -0.2) is 28.6 Å². The first kappa shape index (κ1) is 20.0. The third kappa shape index (κ3) is 3.91. The summed E-state index contributed by atoms with van der Waals surface area (Å²) in [6, 6.07) is 10.2. The molecule has 0 radical (unpaired) electrons. The van der Waals surface area contributed by atoms with Crippen molar-refractivity contribution in [3.05, 3.63) is 68.8 Å². The van der Waals surface area contributed by atoms with Crippen molar-refractivity contribution in [3.8, 4) is 0 Å². The summed E-state index contributed by atoms with van der Waals surface area (Å²) in [7, 11) is 0. The van der Waals surface area contributed by atoms with Crippen LogP contribution in [0.2, 0.25) is 10.0 Å². The van der Waals surface area contributed by atoms with Gasteiger partial charge >= 0.3 is 11.9 Å². The Morgan fingerprint density at radius 1 is 1.18 bits per heavy atom. The molecule has 1 aromatic heterocycles. The summed E-state index contributed by atoms with van der Waals surface area (Å²) in [5.74, 6) is -1.73. The van der Waals surface area contributed by atoms with Crippen LogP contribution in [0.15, 0.2) is 36.4 Å². The van der Waals surface area contributed by atoms with Gasteiger partial charge in [-0.1, -0.05) is 53.0 Å². The van der Waals surface area contributed by atoms with Gasteiger partial charge in [0, 0.05) is 21.5 Å². The number of nitrogens with one attached hydrogen (secondary N) is 1. The number of aliphatic carboxylic acids is 1. The van der Waals surface area contributed by atoms with Crippen LogP contribution >= 0.6 is 23.2 Å². The minimum Gasteiger partial charge on any atom is -0.478 e. The standard InChI is InChI=1S/C21H17Cl2NO4/c1-3-28-21(27)19-15(18-16(23)8-13(22)9-17(18)24-19)10-14(20(25)26)12-6-4-11(2)5-7-12/h4-10,24H,3H2,1-2H3,(H,25,26)/b14-10-. The molecule has 7 heteroatoms. The van der Waals surface area contributed by atoms with Crippen LogP contribution in [0.4, 0.5) is 0 Å². The Morgan fingerprint density at radius 3 is 2.46 bits per heavy atom. The molecule has 0 atom stereocenters. The number of hydrogen-bond donors (Lipinski definition) is 2. The number of aromatic nitrogens is 1. The van der Waals surface area contributed by atoms with Crippen LogP contribution in [-0.2, 0) is 9.53 Å². The van der Waals surface area contributed by atoms with Crippen LogP contribution in [0.1, 0.15) is 34.1 Å². The number of carboxylic acid groups (broad SMARTS) is 1. The molecule has 1 heterocycles. The third-order valence-corrected chi connectivity index (χ3v) is 4.73. The predicted molar refractivity (Wildman–Crippen MR) is 111 cm³/mol. The number of aryl methyl sites for hydroxylation is 1. The van der Waals surface area contributed by atoms with Crippen LogP contribution in [0.25, 0.3) is 22.6 Å². The number of hydrogen-bond acceptors (Lipinski definition) is 3. The zero-order valence-electron chi connectivity index (χ0n) is 15.2. The largest absolute Gasteiger partial charge is 0.478 e. The second-order valence-corrected chi connectivity index (χ2v) is 7.02. The van der Waals surface area contributed by atoms with Crippen molar-refractivity contribution in [3.63, 3.8) is 0 Å². The molecule has 144 valence electrons. The molecule has 0 bridgehead atoms. The molecule has 0 aliphatic carbocycles. The quantitative estimate of drug-likeness (QED) is 0.419. The molecular weight excluding hydrogens is 401 g/mol. The summed E-state index contributed by atoms with van der Waals surface area (Å²) in [6.45, 7) is 3.78. The Bertz CT molecular complexity index is 1100. The van der Waals surface area contributed by atoms with E-state index in [1.165, 1.54) is 12.1 Å². The van der Waals surface area contributed by atoms with Crippen LogP contribution < -0.4 is 0 Å². The Morgan fingerprint density at radius 2 is 1.86 bits per heavy atom. The molecule has 0 spiro atoms. The third-order valence-electron chi connectivity index (χ3n) is 4.21. The van der Waals surface area contributed by atoms with Gasteiger partial charge in [-0.25, -0.2) is 9.59 Å². The number of carboxylic acids is 1. The molecule has 28 heavy (non-hydrogen) atoms. The molecule has 5 nitrogen and oxygen atoms in total. The topological polar surface area (TPSA) is 79.4 Å². The minimum atomic E-state index is -1.13. The average molecular weight is 418 g/mol. The van der Waals surface area contributed by atoms with E-state index in [1.807, 2.05) is 19.1 Å². The minimum absolute atomic E-state index is 0.0254. The summed E-state index contributed by atoms with van der Waals surface area (Å²) in [5, 5.41) is 11.0. The maximum atomic E-state index is 12.5. The van der Waals surface area contributed by atoms with Crippen molar-refractivity contribution in [2.75, 3.05) is 6.61 Å². The van der Waals surface area contributed by atoms with E-state index in [4.69, 9.17) is 27.9 Å². The molecular formula is C21H17Cl2NO4. The number of ether oxygens (including phenoxy) is 1. The van der Waals surface area contributed by atoms with Crippen molar-refractivity contribution >= 4 is 57.7 Å². The van der Waals surface area contributed by atoms with Crippen LogP contribution in [0.3, 0.4) is 0 Å². The van der Waals surface area contributed by atoms with Crippen molar-refractivity contribution in [1.82, 2.24) is 4.98 Å². The number of carbonyl (C=O) groups excluding carboxylic acids is 1. The maximum absolute atomic E-state index is 12.5. The molecule has 0 saturated heterocycles. The van der Waals surface area contributed by atoms with Crippen molar-refractivity contribution < 1.29 is 19.4 Å². The Balaban J connectivity index is 2.30. The lowest BCUT2D eigenvalue weighted by atomic mass is 10.00. The summed E-state index contributed by atoms with van der Waals surface area (Å²) in [4.78, 5) is 27.4. The van der Waals surface area contributed by atoms with Gasteiger partial charge in [0.05, 0.1) is 17.2 Å². The molecule has 3 rings (SSSR count). The Hall–Kier alpha value is -2.76. The van der Waals surface area contributed by atoms with Gasteiger partial charge < -0.3 is 14.8 Å². The summed E-state index contributed by atoms with van der Waals surface area (Å²) >= 11 is 12.4. The molecule has 0 aliphatic heterocycles. The lowest BCUT2D eigenvalue weighted by Gasteiger charge is -2.06. The lowest BCUT2D eigenvalue weighted by molar-refractivity contribution is -0.130. The molecule has 0 fully saturated rings. The van der Waals surface area contributed by atoms with E-state index >= 15 is 0 Å². The maximum Gasteiger partial charge on any atom is 0.355 e. The predicted octanol–water partition coefficient (Wildman–Crippen LogP) is 5.59. The molecule has 3 aromatic rings. The fourth-order valence-electron chi connectivity index (χ4n) is 2.93. The second-order valence-electron chi connectivity index (χ2n) is 6.17. The van der Waals surface area contributed by atoms with Gasteiger partial charge in [0.25, 0.3) is 0 Å². The zero-order valence-corrected chi connectivity index (χ0v) is 16.7. The van der Waals surface area contributed by atoms with Gasteiger partial charge in [-0.3, -0.25) is 0 Å². The molecule has 0 saturated carbocycles. The highest BCUT2D eigenvalue weighted by atomic mass is 35.5. The number of esters is 1. The number of halogens is 2. The fraction of sp³-hybridized carbons (Fsp3) is 0.143. The van der Waals surface area contributed by atoms with E-state index < -0.39 is 11.9 Å². The number of aromatic amines is 1. The molecule has 0 unspecified atom stereocenters. The van der Waals surface area contributed by atoms with Crippen LogP contribution in [0.5, 0.6) is 0 Å². The van der Waals surface area contributed by atoms with E-state index in [1.54, 1.807) is 25.1 Å². The van der Waals surface area contributed by atoms with E-state index in [0.717, 1.165) is 5.56 Å². The summed E-state index contributed by atoms with van der Waals surface area (Å²) < 4.78 is 5.11. The zero-order chi connectivity index (χ0) is 20.4. The SMILES string of the molecule is CCOC(=O)c1[nH]c2cc(Cl)cc(Cl)c2c1/C=C(\C(=O)O)c1ccc(C)cc1. The smallest absolute Gasteiger partial charge is 0.355 e. The number of fused-ring (bicyclic) bond motifs is 1. The normalized spacial score (nSPS) is 11.6. The highest BCUT2D eigenvalue weighted by Gasteiger charge is 2.22. The van der Waals surface area contributed by atoms with Gasteiger partial charge in [-0.05, 0) is 37.6 Å². The average Bonchev–Trinajstić information content (AvgIpc) is 2.99. The summed E-state index contributed by atoms with van der Waals surface area (Å²) in [6.07, 6.45) is 1.43. The molecule has 2 aromatic carbocycles. The Kier molecular flexibility index (Phi) is 5.77. The van der Waals surface area contributed by atoms with Gasteiger partial charge in [0.15, 0.2) is 0 Å². The van der Waals surface area contributed by atoms with E-state index in [-0.39, 0.29) is 17.9 Å². The number of benzene rings is 2. The number of H-pyrrole nitrogens is 1. The number of carbonyl (C=O) groups is 2. The Labute approximate surface area is 171 Å². The summed E-state index contributed by atoms with van der Waals surface area (Å²) in [5.41, 5.74) is 2.51. The van der Waals surface area contributed by atoms with Gasteiger partial charge in [0.1, 0.15) is 5.69 Å². The molecule has 0 amide bonds. The van der Waals surface area contributed by atoms with Crippen molar-refractivity contribution in [1.29, 1.82) is 0 Å². The fourth-order valence-corrected chi connectivity index (χ4v) is 3.52. The molecule has 2 N–H and O–H groups in total. The van der Waals surface area contributed by atoms with Crippen molar-refractivity contribution in [2.45, 2.75) is 13.8 Å². The van der Waals surface area contributed by atoms with E-state index in [0.29, 0.717) is 32.1 Å². The lowest BCUT2D eigenvalue weighted by Crippen LogP contribution is -2.07. The first-order valence-corrected chi connectivity index (χ1v) is 9.27. The first-order chi connectivity index (χ1) is 13.3. The monoisotopic (exact) mass is 417 g/mol. The highest BCUT2D eigenvalue weighted by molar-refractivity contribution is 6.39. The molecule has 0 aliphatic rings. The van der Waals surface area contributed by atoms with Gasteiger partial charge in [-0.2, -0.15) is 0 Å².